The molecule has 1 fully saturated rings. The number of benzene rings is 1. The minimum atomic E-state index is -0.0156. The van der Waals surface area contributed by atoms with Crippen LogP contribution in [0.4, 0.5) is 0 Å². The van der Waals surface area contributed by atoms with Crippen LogP contribution in [0.3, 0.4) is 0 Å². The number of amides is 1. The van der Waals surface area contributed by atoms with Crippen LogP contribution in [0.25, 0.3) is 0 Å². The van der Waals surface area contributed by atoms with Crippen molar-refractivity contribution < 1.29 is 4.79 Å². The minimum Gasteiger partial charge on any atom is -0.357 e. The maximum atomic E-state index is 11.7. The molecule has 1 saturated carbocycles. The van der Waals surface area contributed by atoms with Crippen LogP contribution < -0.4 is 10.6 Å². The molecule has 0 aromatic heterocycles. The summed E-state index contributed by atoms with van der Waals surface area (Å²) in [7, 11) is 3.47. The van der Waals surface area contributed by atoms with Gasteiger partial charge < -0.3 is 15.5 Å². The molecule has 2 N–H and O–H groups in total. The lowest BCUT2D eigenvalue weighted by molar-refractivity contribution is -0.127. The Hall–Kier alpha value is -1.02. The Morgan fingerprint density at radius 3 is 2.58 bits per heavy atom. The maximum absolute atomic E-state index is 11.7. The number of carbonyl (C=O) groups is 1. The first-order valence-corrected chi connectivity index (χ1v) is 8.33. The van der Waals surface area contributed by atoms with E-state index in [1.165, 1.54) is 5.56 Å². The Balaban J connectivity index is 0.00000288. The highest BCUT2D eigenvalue weighted by molar-refractivity contribution is 14.0. The van der Waals surface area contributed by atoms with E-state index in [-0.39, 0.29) is 41.8 Å². The second-order valence-electron chi connectivity index (χ2n) is 6.13. The first-order chi connectivity index (χ1) is 11.0. The number of hydrogen-bond donors (Lipinski definition) is 2. The molecule has 0 unspecified atom stereocenters. The summed E-state index contributed by atoms with van der Waals surface area (Å²) in [5, 5.41) is 7.31. The van der Waals surface area contributed by atoms with Gasteiger partial charge in [-0.05, 0) is 37.5 Å². The second-order valence-corrected chi connectivity index (χ2v) is 6.56. The zero-order valence-electron chi connectivity index (χ0n) is 14.4. The predicted molar refractivity (Wildman–Crippen MR) is 110 cm³/mol. The summed E-state index contributed by atoms with van der Waals surface area (Å²) in [5.74, 6) is 0.661. The van der Waals surface area contributed by atoms with Crippen LogP contribution in [0.15, 0.2) is 29.3 Å². The average molecular weight is 465 g/mol. The van der Waals surface area contributed by atoms with Gasteiger partial charge in [0.1, 0.15) is 6.54 Å². The number of rotatable bonds is 6. The third-order valence-electron chi connectivity index (χ3n) is 4.10. The number of likely N-dealkylation sites (N-methyl/N-ethyl adjacent to an activating group) is 1. The molecule has 0 atom stereocenters. The van der Waals surface area contributed by atoms with Crippen molar-refractivity contribution in [3.8, 4) is 0 Å². The standard InChI is InChI=1S/C17H25ClN4O.HI/c1-4-19-16(20-11-15(23)22(2)3)21-12-17(8-9-17)13-6-5-7-14(18)10-13;/h5-7,10H,4,8-9,11-12H2,1-3H3,(H2,19,20,21);1H. The maximum Gasteiger partial charge on any atom is 0.243 e. The van der Waals surface area contributed by atoms with Gasteiger partial charge in [0, 0.05) is 37.6 Å². The quantitative estimate of drug-likeness (QED) is 0.387. The number of nitrogens with one attached hydrogen (secondary N) is 2. The topological polar surface area (TPSA) is 56.7 Å². The van der Waals surface area contributed by atoms with Crippen LogP contribution in [0, 0.1) is 0 Å². The van der Waals surface area contributed by atoms with Crippen molar-refractivity contribution in [2.75, 3.05) is 33.7 Å². The van der Waals surface area contributed by atoms with E-state index in [0.717, 1.165) is 31.0 Å². The van der Waals surface area contributed by atoms with Crippen molar-refractivity contribution in [3.05, 3.63) is 34.9 Å². The molecule has 1 amide bonds. The fourth-order valence-electron chi connectivity index (χ4n) is 2.42. The second kappa shape index (κ2) is 9.46. The molecule has 1 aliphatic carbocycles. The SMILES string of the molecule is CCNC(=NCC(=O)N(C)C)NCC1(c2cccc(Cl)c2)CC1.I. The van der Waals surface area contributed by atoms with E-state index in [0.29, 0.717) is 5.96 Å². The lowest BCUT2D eigenvalue weighted by atomic mass is 9.96. The number of guanidine groups is 1. The Bertz CT molecular complexity index is 588. The van der Waals surface area contributed by atoms with Crippen molar-refractivity contribution in [2.24, 2.45) is 4.99 Å². The highest BCUT2D eigenvalue weighted by Crippen LogP contribution is 2.48. The minimum absolute atomic E-state index is 0. The number of carbonyl (C=O) groups excluding carboxylic acids is 1. The third kappa shape index (κ3) is 5.81. The highest BCUT2D eigenvalue weighted by Gasteiger charge is 2.44. The molecule has 1 aromatic carbocycles. The predicted octanol–water partition coefficient (Wildman–Crippen LogP) is 2.63. The summed E-state index contributed by atoms with van der Waals surface area (Å²) in [6.45, 7) is 3.70. The number of hydrogen-bond acceptors (Lipinski definition) is 2. The van der Waals surface area contributed by atoms with Gasteiger partial charge >= 0.3 is 0 Å². The number of nitrogens with zero attached hydrogens (tertiary/aromatic N) is 2. The Labute approximate surface area is 166 Å². The van der Waals surface area contributed by atoms with Gasteiger partial charge in [0.2, 0.25) is 5.91 Å². The van der Waals surface area contributed by atoms with E-state index in [1.807, 2.05) is 25.1 Å². The average Bonchev–Trinajstić information content (AvgIpc) is 3.31. The Morgan fingerprint density at radius 1 is 1.33 bits per heavy atom. The molecule has 0 aliphatic heterocycles. The van der Waals surface area contributed by atoms with Gasteiger partial charge in [0.25, 0.3) is 0 Å². The van der Waals surface area contributed by atoms with Crippen molar-refractivity contribution in [2.45, 2.75) is 25.2 Å². The Morgan fingerprint density at radius 2 is 2.04 bits per heavy atom. The van der Waals surface area contributed by atoms with Crippen LogP contribution in [0.5, 0.6) is 0 Å². The van der Waals surface area contributed by atoms with E-state index in [2.05, 4.69) is 21.7 Å². The molecule has 0 spiro atoms. The molecule has 2 rings (SSSR count). The molecule has 0 heterocycles. The first kappa shape index (κ1) is 21.0. The Kier molecular flexibility index (Phi) is 8.29. The molecule has 1 aromatic rings. The third-order valence-corrected chi connectivity index (χ3v) is 4.34. The van der Waals surface area contributed by atoms with Gasteiger partial charge in [-0.3, -0.25) is 4.79 Å². The van der Waals surface area contributed by atoms with E-state index in [9.17, 15) is 4.79 Å². The van der Waals surface area contributed by atoms with Crippen LogP contribution >= 0.6 is 35.6 Å². The van der Waals surface area contributed by atoms with Crippen LogP contribution in [-0.2, 0) is 10.2 Å². The lowest BCUT2D eigenvalue weighted by Crippen LogP contribution is -2.42. The molecular weight excluding hydrogens is 439 g/mol. The summed E-state index contributed by atoms with van der Waals surface area (Å²) in [4.78, 5) is 17.6. The van der Waals surface area contributed by atoms with Crippen LogP contribution in [0.1, 0.15) is 25.3 Å². The highest BCUT2D eigenvalue weighted by atomic mass is 127. The van der Waals surface area contributed by atoms with E-state index in [1.54, 1.807) is 19.0 Å². The van der Waals surface area contributed by atoms with Crippen molar-refractivity contribution in [1.29, 1.82) is 0 Å². The van der Waals surface area contributed by atoms with E-state index < -0.39 is 0 Å². The van der Waals surface area contributed by atoms with Crippen molar-refractivity contribution in [3.63, 3.8) is 0 Å². The lowest BCUT2D eigenvalue weighted by Gasteiger charge is -2.19. The summed E-state index contributed by atoms with van der Waals surface area (Å²) < 4.78 is 0. The summed E-state index contributed by atoms with van der Waals surface area (Å²) in [6.07, 6.45) is 2.27. The fourth-order valence-corrected chi connectivity index (χ4v) is 2.61. The molecule has 7 heteroatoms. The van der Waals surface area contributed by atoms with Gasteiger partial charge in [-0.25, -0.2) is 4.99 Å². The van der Waals surface area contributed by atoms with Crippen molar-refractivity contribution in [1.82, 2.24) is 15.5 Å². The van der Waals surface area contributed by atoms with Crippen LogP contribution in [-0.4, -0.2) is 50.5 Å². The largest absolute Gasteiger partial charge is 0.357 e. The van der Waals surface area contributed by atoms with E-state index >= 15 is 0 Å². The number of halogens is 2. The normalized spacial score (nSPS) is 15.2. The first-order valence-electron chi connectivity index (χ1n) is 7.95. The van der Waals surface area contributed by atoms with Crippen LogP contribution in [0.2, 0.25) is 5.02 Å². The fraction of sp³-hybridized carbons (Fsp3) is 0.529. The van der Waals surface area contributed by atoms with Crippen molar-refractivity contribution >= 4 is 47.4 Å². The van der Waals surface area contributed by atoms with Gasteiger partial charge in [-0.2, -0.15) is 0 Å². The molecule has 1 aliphatic rings. The molecule has 24 heavy (non-hydrogen) atoms. The van der Waals surface area contributed by atoms with E-state index in [4.69, 9.17) is 11.6 Å². The molecular formula is C17H26ClIN4O. The molecule has 5 nitrogen and oxygen atoms in total. The molecule has 0 saturated heterocycles. The monoisotopic (exact) mass is 464 g/mol. The zero-order chi connectivity index (χ0) is 16.9. The zero-order valence-corrected chi connectivity index (χ0v) is 17.5. The van der Waals surface area contributed by atoms with Gasteiger partial charge in [-0.15, -0.1) is 24.0 Å². The summed E-state index contributed by atoms with van der Waals surface area (Å²) >= 11 is 6.11. The summed E-state index contributed by atoms with van der Waals surface area (Å²) in [6, 6.07) is 8.05. The molecule has 134 valence electrons. The smallest absolute Gasteiger partial charge is 0.243 e. The molecule has 0 radical (unpaired) electrons. The summed E-state index contributed by atoms with van der Waals surface area (Å²) in [5.41, 5.74) is 1.39. The van der Waals surface area contributed by atoms with Gasteiger partial charge in [0.15, 0.2) is 5.96 Å². The van der Waals surface area contributed by atoms with Gasteiger partial charge in [-0.1, -0.05) is 23.7 Å². The number of aliphatic imine (C=N–C) groups is 1. The molecule has 0 bridgehead atoms. The van der Waals surface area contributed by atoms with Gasteiger partial charge in [0.05, 0.1) is 0 Å².